The summed E-state index contributed by atoms with van der Waals surface area (Å²) in [7, 11) is 0. The zero-order chi connectivity index (χ0) is 16.9. The van der Waals surface area contributed by atoms with Crippen molar-refractivity contribution in [1.29, 1.82) is 0 Å². The van der Waals surface area contributed by atoms with Crippen LogP contribution in [0.3, 0.4) is 0 Å². The van der Waals surface area contributed by atoms with Gasteiger partial charge in [-0.2, -0.15) is 0 Å². The van der Waals surface area contributed by atoms with E-state index in [1.165, 1.54) is 0 Å². The van der Waals surface area contributed by atoms with E-state index in [1.807, 2.05) is 23.1 Å². The molecule has 1 saturated heterocycles. The zero-order valence-corrected chi connectivity index (χ0v) is 14.6. The maximum absolute atomic E-state index is 12.5. The second kappa shape index (κ2) is 7.97. The molecule has 1 aromatic carbocycles. The van der Waals surface area contributed by atoms with Crippen LogP contribution in [0.25, 0.3) is 0 Å². The summed E-state index contributed by atoms with van der Waals surface area (Å²) in [5.41, 5.74) is 2.06. The number of benzene rings is 1. The molecule has 2 heterocycles. The van der Waals surface area contributed by atoms with Crippen molar-refractivity contribution in [2.75, 3.05) is 19.7 Å². The molecule has 6 heteroatoms. The number of hydrogen-bond donors (Lipinski definition) is 0. The van der Waals surface area contributed by atoms with Gasteiger partial charge in [0.25, 0.3) is 0 Å². The highest BCUT2D eigenvalue weighted by molar-refractivity contribution is 6.42. The molecule has 1 atom stereocenters. The van der Waals surface area contributed by atoms with E-state index in [2.05, 4.69) is 4.98 Å². The highest BCUT2D eigenvalue weighted by atomic mass is 35.5. The first-order valence-electron chi connectivity index (χ1n) is 7.87. The van der Waals surface area contributed by atoms with Crippen molar-refractivity contribution in [1.82, 2.24) is 9.88 Å². The zero-order valence-electron chi connectivity index (χ0n) is 13.1. The van der Waals surface area contributed by atoms with Gasteiger partial charge in [0.15, 0.2) is 0 Å². The number of pyridine rings is 1. The summed E-state index contributed by atoms with van der Waals surface area (Å²) >= 11 is 12.0. The lowest BCUT2D eigenvalue weighted by molar-refractivity contribution is -0.139. The van der Waals surface area contributed by atoms with E-state index in [4.69, 9.17) is 27.9 Å². The fourth-order valence-electron chi connectivity index (χ4n) is 2.75. The fourth-order valence-corrected chi connectivity index (χ4v) is 3.06. The van der Waals surface area contributed by atoms with Crippen LogP contribution in [0.2, 0.25) is 10.0 Å². The minimum Gasteiger partial charge on any atom is -0.370 e. The first-order chi connectivity index (χ1) is 11.6. The van der Waals surface area contributed by atoms with Crippen molar-refractivity contribution >= 4 is 29.1 Å². The summed E-state index contributed by atoms with van der Waals surface area (Å²) in [6, 6.07) is 9.33. The van der Waals surface area contributed by atoms with E-state index in [0.29, 0.717) is 36.2 Å². The highest BCUT2D eigenvalue weighted by Gasteiger charge is 2.25. The van der Waals surface area contributed by atoms with Crippen molar-refractivity contribution in [3.8, 4) is 0 Å². The van der Waals surface area contributed by atoms with Crippen LogP contribution >= 0.6 is 23.2 Å². The molecule has 0 unspecified atom stereocenters. The third-order valence-electron chi connectivity index (χ3n) is 4.11. The second-order valence-electron chi connectivity index (χ2n) is 5.73. The number of rotatable bonds is 4. The van der Waals surface area contributed by atoms with E-state index >= 15 is 0 Å². The Kier molecular flexibility index (Phi) is 5.72. The summed E-state index contributed by atoms with van der Waals surface area (Å²) in [4.78, 5) is 18.3. The average Bonchev–Trinajstić information content (AvgIpc) is 2.63. The largest absolute Gasteiger partial charge is 0.370 e. The SMILES string of the molecule is O=C(CCc1ccncc1)N1CCO[C@H](c2ccc(Cl)c(Cl)c2)C1. The van der Waals surface area contributed by atoms with Crippen molar-refractivity contribution in [3.05, 3.63) is 63.9 Å². The van der Waals surface area contributed by atoms with Crippen molar-refractivity contribution in [3.63, 3.8) is 0 Å². The Balaban J connectivity index is 1.60. The molecule has 0 spiro atoms. The van der Waals surface area contributed by atoms with Crippen molar-refractivity contribution in [2.24, 2.45) is 0 Å². The van der Waals surface area contributed by atoms with E-state index < -0.39 is 0 Å². The molecular formula is C18H18Cl2N2O2. The monoisotopic (exact) mass is 364 g/mol. The minimum absolute atomic E-state index is 0.139. The fraction of sp³-hybridized carbons (Fsp3) is 0.333. The lowest BCUT2D eigenvalue weighted by atomic mass is 10.1. The second-order valence-corrected chi connectivity index (χ2v) is 6.54. The maximum Gasteiger partial charge on any atom is 0.223 e. The number of carbonyl (C=O) groups excluding carboxylic acids is 1. The third kappa shape index (κ3) is 4.26. The van der Waals surface area contributed by atoms with Gasteiger partial charge in [0.1, 0.15) is 6.10 Å². The number of hydrogen-bond acceptors (Lipinski definition) is 3. The van der Waals surface area contributed by atoms with Gasteiger partial charge in [0.2, 0.25) is 5.91 Å². The predicted molar refractivity (Wildman–Crippen MR) is 94.3 cm³/mol. The summed E-state index contributed by atoms with van der Waals surface area (Å²) in [6.45, 7) is 1.67. The van der Waals surface area contributed by atoms with Gasteiger partial charge in [-0.1, -0.05) is 29.3 Å². The number of aromatic nitrogens is 1. The highest BCUT2D eigenvalue weighted by Crippen LogP contribution is 2.29. The van der Waals surface area contributed by atoms with Crippen LogP contribution in [-0.4, -0.2) is 35.5 Å². The van der Waals surface area contributed by atoms with Gasteiger partial charge in [-0.3, -0.25) is 9.78 Å². The molecule has 3 rings (SSSR count). The van der Waals surface area contributed by atoms with Crippen LogP contribution in [-0.2, 0) is 16.0 Å². The Labute approximate surface area is 151 Å². The van der Waals surface area contributed by atoms with E-state index in [1.54, 1.807) is 24.5 Å². The Morgan fingerprint density at radius 2 is 2.00 bits per heavy atom. The quantitative estimate of drug-likeness (QED) is 0.825. The van der Waals surface area contributed by atoms with Crippen LogP contribution in [0.4, 0.5) is 0 Å². The average molecular weight is 365 g/mol. The first kappa shape index (κ1) is 17.2. The molecule has 1 aliphatic rings. The standard InChI is InChI=1S/C18H18Cl2N2O2/c19-15-3-2-14(11-16(15)20)17-12-22(9-10-24-17)18(23)4-1-13-5-7-21-8-6-13/h2-3,5-8,11,17H,1,4,9-10,12H2/t17-/m0/s1. The molecule has 1 fully saturated rings. The minimum atomic E-state index is -0.168. The van der Waals surface area contributed by atoms with Gasteiger partial charge in [-0.05, 0) is 41.8 Å². The van der Waals surface area contributed by atoms with Gasteiger partial charge < -0.3 is 9.64 Å². The summed E-state index contributed by atoms with van der Waals surface area (Å²) in [5, 5.41) is 1.01. The van der Waals surface area contributed by atoms with Gasteiger partial charge in [0.05, 0.1) is 23.2 Å². The Morgan fingerprint density at radius 3 is 2.75 bits per heavy atom. The van der Waals surface area contributed by atoms with Crippen LogP contribution in [0.5, 0.6) is 0 Å². The third-order valence-corrected chi connectivity index (χ3v) is 4.85. The molecule has 0 aliphatic carbocycles. The van der Waals surface area contributed by atoms with E-state index in [9.17, 15) is 4.79 Å². The lowest BCUT2D eigenvalue weighted by Crippen LogP contribution is -2.42. The maximum atomic E-state index is 12.5. The molecule has 1 aliphatic heterocycles. The van der Waals surface area contributed by atoms with Gasteiger partial charge in [-0.25, -0.2) is 0 Å². The number of aryl methyl sites for hydroxylation is 1. The number of halogens is 2. The van der Waals surface area contributed by atoms with Crippen LogP contribution < -0.4 is 0 Å². The Hall–Kier alpha value is -1.62. The molecule has 24 heavy (non-hydrogen) atoms. The first-order valence-corrected chi connectivity index (χ1v) is 8.62. The molecule has 2 aromatic rings. The van der Waals surface area contributed by atoms with Crippen LogP contribution in [0, 0.1) is 0 Å². The number of nitrogens with zero attached hydrogens (tertiary/aromatic N) is 2. The van der Waals surface area contributed by atoms with Gasteiger partial charge in [0, 0.05) is 25.4 Å². The molecule has 4 nitrogen and oxygen atoms in total. The van der Waals surface area contributed by atoms with Crippen LogP contribution in [0.1, 0.15) is 23.7 Å². The summed E-state index contributed by atoms with van der Waals surface area (Å²) in [6.07, 6.45) is 4.52. The number of ether oxygens (including phenoxy) is 1. The smallest absolute Gasteiger partial charge is 0.223 e. The lowest BCUT2D eigenvalue weighted by Gasteiger charge is -2.33. The molecule has 0 radical (unpaired) electrons. The molecule has 1 aromatic heterocycles. The molecule has 1 amide bonds. The van der Waals surface area contributed by atoms with Crippen LogP contribution in [0.15, 0.2) is 42.7 Å². The Morgan fingerprint density at radius 1 is 1.21 bits per heavy atom. The van der Waals surface area contributed by atoms with E-state index in [0.717, 1.165) is 17.5 Å². The van der Waals surface area contributed by atoms with Crippen molar-refractivity contribution < 1.29 is 9.53 Å². The summed E-state index contributed by atoms with van der Waals surface area (Å²) < 4.78 is 5.80. The van der Waals surface area contributed by atoms with E-state index in [-0.39, 0.29) is 12.0 Å². The predicted octanol–water partition coefficient (Wildman–Crippen LogP) is 3.92. The molecule has 0 N–H and O–H groups in total. The molecule has 126 valence electrons. The molecule has 0 saturated carbocycles. The summed E-state index contributed by atoms with van der Waals surface area (Å²) in [5.74, 6) is 0.139. The molecular weight excluding hydrogens is 347 g/mol. The normalized spacial score (nSPS) is 17.8. The van der Waals surface area contributed by atoms with Gasteiger partial charge in [-0.15, -0.1) is 0 Å². The number of amides is 1. The molecule has 0 bridgehead atoms. The topological polar surface area (TPSA) is 42.4 Å². The number of carbonyl (C=O) groups is 1. The van der Waals surface area contributed by atoms with Gasteiger partial charge >= 0.3 is 0 Å². The Bertz CT molecular complexity index is 709. The van der Waals surface area contributed by atoms with Crippen molar-refractivity contribution in [2.45, 2.75) is 18.9 Å². The number of morpholine rings is 1.